The maximum atomic E-state index is 12.7. The Balaban J connectivity index is 1.55. The summed E-state index contributed by atoms with van der Waals surface area (Å²) in [6.07, 6.45) is 2.19. The van der Waals surface area contributed by atoms with Crippen molar-refractivity contribution < 1.29 is 14.3 Å². The molecule has 2 aromatic rings. The van der Waals surface area contributed by atoms with Crippen molar-refractivity contribution in [2.24, 2.45) is 0 Å². The standard InChI is InChI=1S/C22H25ClN4O3S/c23-18-11-5-4-10-17(18)21(29)25-19(15-7-2-1-3-8-15)13-20(28)26-27-22(31)24-14-16-9-6-12-30-16/h1-5,7-8,10-11,16,19H,6,9,12-14H2,(H,25,29)(H,26,28)(H2,24,27,31). The molecule has 1 fully saturated rings. The molecule has 0 aromatic heterocycles. The average molecular weight is 461 g/mol. The highest BCUT2D eigenvalue weighted by molar-refractivity contribution is 7.80. The summed E-state index contributed by atoms with van der Waals surface area (Å²) < 4.78 is 5.53. The predicted molar refractivity (Wildman–Crippen MR) is 124 cm³/mol. The third-order valence-corrected chi connectivity index (χ3v) is 5.42. The molecule has 2 atom stereocenters. The van der Waals surface area contributed by atoms with Crippen LogP contribution >= 0.6 is 23.8 Å². The van der Waals surface area contributed by atoms with Gasteiger partial charge < -0.3 is 15.4 Å². The molecule has 7 nitrogen and oxygen atoms in total. The Morgan fingerprint density at radius 1 is 1.10 bits per heavy atom. The van der Waals surface area contributed by atoms with Gasteiger partial charge in [0.05, 0.1) is 29.2 Å². The number of hydrazine groups is 1. The second kappa shape index (κ2) is 11.6. The summed E-state index contributed by atoms with van der Waals surface area (Å²) in [5, 5.41) is 6.57. The van der Waals surface area contributed by atoms with Crippen molar-refractivity contribution in [1.82, 2.24) is 21.5 Å². The highest BCUT2D eigenvalue weighted by atomic mass is 35.5. The number of carbonyl (C=O) groups excluding carboxylic acids is 2. The number of ether oxygens (including phenoxy) is 1. The fraction of sp³-hybridized carbons (Fsp3) is 0.318. The van der Waals surface area contributed by atoms with Crippen LogP contribution in [0.2, 0.25) is 5.02 Å². The molecule has 164 valence electrons. The SMILES string of the molecule is O=C(CC(NC(=O)c1ccccc1Cl)c1ccccc1)NNC(=S)NCC1CCCO1. The Morgan fingerprint density at radius 3 is 2.55 bits per heavy atom. The van der Waals surface area contributed by atoms with E-state index in [0.29, 0.717) is 22.2 Å². The van der Waals surface area contributed by atoms with Crippen LogP contribution in [0.1, 0.15) is 41.2 Å². The number of amides is 2. The minimum absolute atomic E-state index is 0.0154. The molecule has 1 aliphatic heterocycles. The minimum Gasteiger partial charge on any atom is -0.376 e. The third kappa shape index (κ3) is 7.20. The van der Waals surface area contributed by atoms with Gasteiger partial charge in [0.15, 0.2) is 5.11 Å². The number of nitrogens with one attached hydrogen (secondary N) is 4. The maximum absolute atomic E-state index is 12.7. The molecule has 2 amide bonds. The Labute approximate surface area is 191 Å². The highest BCUT2D eigenvalue weighted by Gasteiger charge is 2.21. The van der Waals surface area contributed by atoms with Gasteiger partial charge in [-0.25, -0.2) is 0 Å². The molecule has 0 aliphatic carbocycles. The molecule has 1 heterocycles. The minimum atomic E-state index is -0.541. The van der Waals surface area contributed by atoms with Crippen molar-refractivity contribution in [3.8, 4) is 0 Å². The van der Waals surface area contributed by atoms with Gasteiger partial charge in [0.25, 0.3) is 5.91 Å². The number of benzene rings is 2. The topological polar surface area (TPSA) is 91.5 Å². The van der Waals surface area contributed by atoms with Gasteiger partial charge in [-0.3, -0.25) is 20.4 Å². The Bertz CT molecular complexity index is 907. The van der Waals surface area contributed by atoms with Crippen molar-refractivity contribution in [2.45, 2.75) is 31.4 Å². The van der Waals surface area contributed by atoms with Crippen molar-refractivity contribution >= 4 is 40.7 Å². The van der Waals surface area contributed by atoms with E-state index < -0.39 is 6.04 Å². The molecular weight excluding hydrogens is 436 g/mol. The molecule has 3 rings (SSSR count). The lowest BCUT2D eigenvalue weighted by Gasteiger charge is -2.20. The first-order valence-corrected chi connectivity index (χ1v) is 10.9. The van der Waals surface area contributed by atoms with Gasteiger partial charge in [0, 0.05) is 13.2 Å². The molecule has 2 unspecified atom stereocenters. The lowest BCUT2D eigenvalue weighted by atomic mass is 10.0. The fourth-order valence-electron chi connectivity index (χ4n) is 3.24. The first kappa shape index (κ1) is 23.0. The smallest absolute Gasteiger partial charge is 0.253 e. The van der Waals surface area contributed by atoms with Crippen LogP contribution in [0.25, 0.3) is 0 Å². The van der Waals surface area contributed by atoms with Crippen LogP contribution in [0.4, 0.5) is 0 Å². The lowest BCUT2D eigenvalue weighted by Crippen LogP contribution is -2.49. The Morgan fingerprint density at radius 2 is 1.84 bits per heavy atom. The summed E-state index contributed by atoms with van der Waals surface area (Å²) in [6.45, 7) is 1.35. The first-order valence-electron chi connectivity index (χ1n) is 10.1. The summed E-state index contributed by atoms with van der Waals surface area (Å²) in [5.41, 5.74) is 6.41. The summed E-state index contributed by atoms with van der Waals surface area (Å²) in [4.78, 5) is 25.2. The number of hydrogen-bond acceptors (Lipinski definition) is 4. The first-order chi connectivity index (χ1) is 15.0. The van der Waals surface area contributed by atoms with E-state index in [-0.39, 0.29) is 24.3 Å². The van der Waals surface area contributed by atoms with Crippen LogP contribution in [0.5, 0.6) is 0 Å². The van der Waals surface area contributed by atoms with E-state index >= 15 is 0 Å². The van der Waals surface area contributed by atoms with Gasteiger partial charge in [-0.1, -0.05) is 54.1 Å². The molecular formula is C22H25ClN4O3S. The normalized spacial score (nSPS) is 16.2. The molecule has 31 heavy (non-hydrogen) atoms. The second-order valence-corrected chi connectivity index (χ2v) is 7.95. The van der Waals surface area contributed by atoms with Crippen LogP contribution in [0.3, 0.4) is 0 Å². The summed E-state index contributed by atoms with van der Waals surface area (Å²) >= 11 is 11.3. The van der Waals surface area contributed by atoms with Gasteiger partial charge in [0.2, 0.25) is 5.91 Å². The van der Waals surface area contributed by atoms with Crippen molar-refractivity contribution in [3.63, 3.8) is 0 Å². The Kier molecular flexibility index (Phi) is 8.63. The highest BCUT2D eigenvalue weighted by Crippen LogP contribution is 2.20. The molecule has 1 saturated heterocycles. The van der Waals surface area contributed by atoms with Gasteiger partial charge in [-0.15, -0.1) is 0 Å². The summed E-state index contributed by atoms with van der Waals surface area (Å²) in [5.74, 6) is -0.677. The third-order valence-electron chi connectivity index (χ3n) is 4.84. The number of thiocarbonyl (C=S) groups is 1. The quantitative estimate of drug-likeness (QED) is 0.375. The van der Waals surface area contributed by atoms with Crippen molar-refractivity contribution in [2.75, 3.05) is 13.2 Å². The number of halogens is 1. The summed E-state index contributed by atoms with van der Waals surface area (Å²) in [6, 6.07) is 15.5. The van der Waals surface area contributed by atoms with Crippen LogP contribution in [-0.4, -0.2) is 36.2 Å². The molecule has 2 aromatic carbocycles. The van der Waals surface area contributed by atoms with E-state index in [1.54, 1.807) is 24.3 Å². The predicted octanol–water partition coefficient (Wildman–Crippen LogP) is 2.88. The molecule has 4 N–H and O–H groups in total. The van der Waals surface area contributed by atoms with E-state index in [2.05, 4.69) is 21.5 Å². The van der Waals surface area contributed by atoms with Gasteiger partial charge in [0.1, 0.15) is 0 Å². The average Bonchev–Trinajstić information content (AvgIpc) is 3.30. The van der Waals surface area contributed by atoms with E-state index in [1.165, 1.54) is 0 Å². The molecule has 1 aliphatic rings. The van der Waals surface area contributed by atoms with E-state index in [1.807, 2.05) is 30.3 Å². The largest absolute Gasteiger partial charge is 0.376 e. The zero-order valence-electron chi connectivity index (χ0n) is 16.9. The number of carbonyl (C=O) groups is 2. The van der Waals surface area contributed by atoms with Gasteiger partial charge in [-0.05, 0) is 42.8 Å². The number of rotatable bonds is 7. The van der Waals surface area contributed by atoms with Crippen molar-refractivity contribution in [3.05, 3.63) is 70.7 Å². The maximum Gasteiger partial charge on any atom is 0.253 e. The Hall–Kier alpha value is -2.68. The fourth-order valence-corrected chi connectivity index (χ4v) is 3.59. The number of hydrogen-bond donors (Lipinski definition) is 4. The zero-order chi connectivity index (χ0) is 22.1. The molecule has 0 spiro atoms. The lowest BCUT2D eigenvalue weighted by molar-refractivity contribution is -0.122. The van der Waals surface area contributed by atoms with Crippen LogP contribution in [0.15, 0.2) is 54.6 Å². The van der Waals surface area contributed by atoms with Gasteiger partial charge in [-0.2, -0.15) is 0 Å². The van der Waals surface area contributed by atoms with Crippen LogP contribution in [-0.2, 0) is 9.53 Å². The molecule has 0 saturated carbocycles. The van der Waals surface area contributed by atoms with E-state index in [0.717, 1.165) is 25.0 Å². The summed E-state index contributed by atoms with van der Waals surface area (Å²) in [7, 11) is 0. The van der Waals surface area contributed by atoms with E-state index in [9.17, 15) is 9.59 Å². The second-order valence-electron chi connectivity index (χ2n) is 7.14. The zero-order valence-corrected chi connectivity index (χ0v) is 18.5. The van der Waals surface area contributed by atoms with E-state index in [4.69, 9.17) is 28.6 Å². The van der Waals surface area contributed by atoms with Crippen molar-refractivity contribution in [1.29, 1.82) is 0 Å². The van der Waals surface area contributed by atoms with Crippen LogP contribution in [0, 0.1) is 0 Å². The monoisotopic (exact) mass is 460 g/mol. The molecule has 0 radical (unpaired) electrons. The molecule has 9 heteroatoms. The molecule has 0 bridgehead atoms. The van der Waals surface area contributed by atoms with Gasteiger partial charge >= 0.3 is 0 Å². The van der Waals surface area contributed by atoms with Crippen LogP contribution < -0.4 is 21.5 Å².